The highest BCUT2D eigenvalue weighted by Gasteiger charge is 2.40. The minimum atomic E-state index is 0.342. The average molecular weight is 278 g/mol. The molecule has 1 aliphatic carbocycles. The quantitative estimate of drug-likeness (QED) is 0.824. The highest BCUT2D eigenvalue weighted by atomic mass is 16.5. The van der Waals surface area contributed by atoms with Gasteiger partial charge in [0, 0.05) is 26.8 Å². The summed E-state index contributed by atoms with van der Waals surface area (Å²) in [6.07, 6.45) is 3.97. The fourth-order valence-electron chi connectivity index (χ4n) is 2.74. The summed E-state index contributed by atoms with van der Waals surface area (Å²) in [6.45, 7) is 1.26. The minimum absolute atomic E-state index is 0.342. The molecular formula is C14H22N4O2. The average Bonchev–Trinajstić information content (AvgIpc) is 3.19. The smallest absolute Gasteiger partial charge is 0.158 e. The third kappa shape index (κ3) is 3.02. The number of ether oxygens (including phenoxy) is 2. The van der Waals surface area contributed by atoms with Crippen molar-refractivity contribution < 1.29 is 9.47 Å². The van der Waals surface area contributed by atoms with Crippen LogP contribution in [0.1, 0.15) is 25.1 Å². The van der Waals surface area contributed by atoms with Crippen molar-refractivity contribution in [2.75, 3.05) is 31.4 Å². The highest BCUT2D eigenvalue weighted by Crippen LogP contribution is 2.39. The maximum absolute atomic E-state index is 5.85. The van der Waals surface area contributed by atoms with Crippen LogP contribution in [-0.4, -0.2) is 42.9 Å². The van der Waals surface area contributed by atoms with Crippen molar-refractivity contribution in [3.05, 3.63) is 11.9 Å². The van der Waals surface area contributed by atoms with Gasteiger partial charge in [-0.25, -0.2) is 9.97 Å². The molecule has 2 aliphatic rings. The Morgan fingerprint density at radius 1 is 1.30 bits per heavy atom. The lowest BCUT2D eigenvalue weighted by Crippen LogP contribution is -2.31. The molecule has 1 saturated carbocycles. The van der Waals surface area contributed by atoms with Gasteiger partial charge in [0.15, 0.2) is 5.82 Å². The first-order valence-electron chi connectivity index (χ1n) is 7.23. The summed E-state index contributed by atoms with van der Waals surface area (Å²) in [6, 6.07) is 2.29. The molecule has 3 rings (SSSR count). The Kier molecular flexibility index (Phi) is 4.03. The summed E-state index contributed by atoms with van der Waals surface area (Å²) >= 11 is 0. The number of aromatic nitrogens is 2. The number of methoxy groups -OCH3 is 1. The number of rotatable bonds is 6. The first-order valence-corrected chi connectivity index (χ1v) is 7.23. The first kappa shape index (κ1) is 13.6. The largest absolute Gasteiger partial charge is 0.377 e. The lowest BCUT2D eigenvalue weighted by molar-refractivity contribution is 0.0898. The van der Waals surface area contributed by atoms with E-state index in [1.807, 2.05) is 13.1 Å². The van der Waals surface area contributed by atoms with Gasteiger partial charge in [0.25, 0.3) is 0 Å². The van der Waals surface area contributed by atoms with Crippen LogP contribution in [0.15, 0.2) is 6.07 Å². The number of anilines is 2. The molecule has 1 aliphatic heterocycles. The van der Waals surface area contributed by atoms with E-state index in [9.17, 15) is 0 Å². The number of nitrogens with one attached hydrogen (secondary N) is 2. The van der Waals surface area contributed by atoms with E-state index < -0.39 is 0 Å². The van der Waals surface area contributed by atoms with E-state index in [0.717, 1.165) is 30.6 Å². The maximum atomic E-state index is 5.85. The van der Waals surface area contributed by atoms with Crippen molar-refractivity contribution in [1.82, 2.24) is 9.97 Å². The molecule has 0 radical (unpaired) electrons. The fourth-order valence-corrected chi connectivity index (χ4v) is 2.74. The molecule has 2 fully saturated rings. The second-order valence-corrected chi connectivity index (χ2v) is 5.45. The van der Waals surface area contributed by atoms with Gasteiger partial charge in [0.1, 0.15) is 18.2 Å². The Balaban J connectivity index is 1.73. The van der Waals surface area contributed by atoms with E-state index in [0.29, 0.717) is 24.6 Å². The first-order chi connectivity index (χ1) is 9.80. The van der Waals surface area contributed by atoms with Gasteiger partial charge in [-0.15, -0.1) is 0 Å². The van der Waals surface area contributed by atoms with E-state index in [4.69, 9.17) is 9.47 Å². The van der Waals surface area contributed by atoms with Crippen LogP contribution in [0, 0.1) is 5.92 Å². The molecule has 1 aromatic heterocycles. The van der Waals surface area contributed by atoms with Crippen LogP contribution >= 0.6 is 0 Å². The second kappa shape index (κ2) is 5.93. The maximum Gasteiger partial charge on any atom is 0.158 e. The van der Waals surface area contributed by atoms with Crippen molar-refractivity contribution >= 4 is 11.6 Å². The Morgan fingerprint density at radius 3 is 2.80 bits per heavy atom. The van der Waals surface area contributed by atoms with Crippen LogP contribution in [0.3, 0.4) is 0 Å². The molecule has 110 valence electrons. The van der Waals surface area contributed by atoms with Crippen molar-refractivity contribution in [2.45, 2.75) is 38.0 Å². The van der Waals surface area contributed by atoms with Crippen LogP contribution in [0.4, 0.5) is 11.6 Å². The molecule has 1 aromatic rings. The Morgan fingerprint density at radius 2 is 2.10 bits per heavy atom. The molecule has 2 heterocycles. The molecule has 6 nitrogen and oxygen atoms in total. The van der Waals surface area contributed by atoms with Crippen LogP contribution < -0.4 is 10.6 Å². The SMILES string of the molecule is CNc1cc(NC2CCOC2C2CC2)nc(COC)n1. The van der Waals surface area contributed by atoms with Gasteiger partial charge in [0.05, 0.1) is 12.1 Å². The fraction of sp³-hybridized carbons (Fsp3) is 0.714. The Hall–Kier alpha value is -1.40. The van der Waals surface area contributed by atoms with Crippen LogP contribution in [0.5, 0.6) is 0 Å². The van der Waals surface area contributed by atoms with E-state index in [1.165, 1.54) is 12.8 Å². The third-order valence-corrected chi connectivity index (χ3v) is 3.86. The Bertz CT molecular complexity index is 464. The standard InChI is InChI=1S/C14H22N4O2/c1-15-11-7-12(18-13(17-11)8-19-2)16-10-5-6-20-14(10)9-3-4-9/h7,9-10,14H,3-6,8H2,1-2H3,(H2,15,16,17,18). The predicted molar refractivity (Wildman–Crippen MR) is 76.8 cm³/mol. The molecule has 6 heteroatoms. The summed E-state index contributed by atoms with van der Waals surface area (Å²) in [5.41, 5.74) is 0. The van der Waals surface area contributed by atoms with E-state index in [2.05, 4.69) is 20.6 Å². The van der Waals surface area contributed by atoms with Crippen molar-refractivity contribution in [3.8, 4) is 0 Å². The molecule has 0 aromatic carbocycles. The van der Waals surface area contributed by atoms with Gasteiger partial charge in [-0.3, -0.25) is 0 Å². The van der Waals surface area contributed by atoms with Crippen molar-refractivity contribution in [3.63, 3.8) is 0 Å². The number of hydrogen-bond acceptors (Lipinski definition) is 6. The summed E-state index contributed by atoms with van der Waals surface area (Å²) < 4.78 is 11.0. The molecule has 2 atom stereocenters. The van der Waals surface area contributed by atoms with Crippen LogP contribution in [-0.2, 0) is 16.1 Å². The van der Waals surface area contributed by atoms with Gasteiger partial charge < -0.3 is 20.1 Å². The zero-order valence-corrected chi connectivity index (χ0v) is 12.1. The summed E-state index contributed by atoms with van der Waals surface area (Å²) in [7, 11) is 3.50. The topological polar surface area (TPSA) is 68.3 Å². The summed E-state index contributed by atoms with van der Waals surface area (Å²) in [5.74, 6) is 3.07. The molecule has 0 amide bonds. The molecule has 2 N–H and O–H groups in total. The van der Waals surface area contributed by atoms with Gasteiger partial charge >= 0.3 is 0 Å². The molecule has 2 unspecified atom stereocenters. The molecule has 20 heavy (non-hydrogen) atoms. The Labute approximate surface area is 119 Å². The zero-order chi connectivity index (χ0) is 13.9. The van der Waals surface area contributed by atoms with Crippen molar-refractivity contribution in [2.24, 2.45) is 5.92 Å². The van der Waals surface area contributed by atoms with E-state index >= 15 is 0 Å². The summed E-state index contributed by atoms with van der Waals surface area (Å²) in [5, 5.41) is 6.57. The lowest BCUT2D eigenvalue weighted by Gasteiger charge is -2.20. The normalized spacial score (nSPS) is 25.7. The molecule has 0 bridgehead atoms. The summed E-state index contributed by atoms with van der Waals surface area (Å²) in [4.78, 5) is 8.87. The molecule has 0 spiro atoms. The van der Waals surface area contributed by atoms with Gasteiger partial charge in [-0.05, 0) is 25.2 Å². The zero-order valence-electron chi connectivity index (χ0n) is 12.1. The highest BCUT2D eigenvalue weighted by molar-refractivity contribution is 5.48. The van der Waals surface area contributed by atoms with E-state index in [-0.39, 0.29) is 0 Å². The van der Waals surface area contributed by atoms with Crippen LogP contribution in [0.2, 0.25) is 0 Å². The molecular weight excluding hydrogens is 256 g/mol. The van der Waals surface area contributed by atoms with E-state index in [1.54, 1.807) is 7.11 Å². The van der Waals surface area contributed by atoms with Gasteiger partial charge in [0.2, 0.25) is 0 Å². The number of nitrogens with zero attached hydrogens (tertiary/aromatic N) is 2. The molecule has 1 saturated heterocycles. The second-order valence-electron chi connectivity index (χ2n) is 5.45. The van der Waals surface area contributed by atoms with Gasteiger partial charge in [-0.1, -0.05) is 0 Å². The minimum Gasteiger partial charge on any atom is -0.377 e. The predicted octanol–water partition coefficient (Wildman–Crippen LogP) is 1.64. The third-order valence-electron chi connectivity index (χ3n) is 3.86. The van der Waals surface area contributed by atoms with Crippen LogP contribution in [0.25, 0.3) is 0 Å². The monoisotopic (exact) mass is 278 g/mol. The number of hydrogen-bond donors (Lipinski definition) is 2. The van der Waals surface area contributed by atoms with Crippen molar-refractivity contribution in [1.29, 1.82) is 0 Å². The lowest BCUT2D eigenvalue weighted by atomic mass is 10.1. The van der Waals surface area contributed by atoms with Gasteiger partial charge in [-0.2, -0.15) is 0 Å².